The van der Waals surface area contributed by atoms with E-state index >= 15 is 0 Å². The van der Waals surface area contributed by atoms with Gasteiger partial charge in [-0.15, -0.1) is 0 Å². The number of aromatic nitrogens is 2. The summed E-state index contributed by atoms with van der Waals surface area (Å²) in [4.78, 5) is 11.5. The van der Waals surface area contributed by atoms with Gasteiger partial charge in [-0.05, 0) is 18.4 Å². The van der Waals surface area contributed by atoms with Crippen molar-refractivity contribution in [1.29, 1.82) is 0 Å². The lowest BCUT2D eigenvalue weighted by molar-refractivity contribution is -0.118. The molecule has 0 aliphatic rings. The van der Waals surface area contributed by atoms with E-state index < -0.39 is 0 Å². The predicted octanol–water partition coefficient (Wildman–Crippen LogP) is 1.97. The molecule has 0 aromatic carbocycles. The van der Waals surface area contributed by atoms with E-state index in [4.69, 9.17) is 0 Å². The molecule has 0 bridgehead atoms. The summed E-state index contributed by atoms with van der Waals surface area (Å²) in [6, 6.07) is 1.90. The fourth-order valence-electron chi connectivity index (χ4n) is 1.30. The molecule has 1 aromatic heterocycles. The summed E-state index contributed by atoms with van der Waals surface area (Å²) < 4.78 is 1.73. The topological polar surface area (TPSA) is 34.9 Å². The Bertz CT molecular complexity index is 302. The number of carbonyl (C=O) groups is 1. The first-order valence-electron chi connectivity index (χ1n) is 5.08. The summed E-state index contributed by atoms with van der Waals surface area (Å²) in [7, 11) is 1.86. The van der Waals surface area contributed by atoms with Crippen molar-refractivity contribution in [2.24, 2.45) is 13.0 Å². The van der Waals surface area contributed by atoms with Crippen molar-refractivity contribution in [3.8, 4) is 0 Å². The Morgan fingerprint density at radius 2 is 2.29 bits per heavy atom. The molecule has 0 saturated carbocycles. The van der Waals surface area contributed by atoms with Crippen molar-refractivity contribution in [3.05, 3.63) is 18.0 Å². The zero-order valence-corrected chi connectivity index (χ0v) is 9.16. The number of carbonyl (C=O) groups excluding carboxylic acids is 1. The van der Waals surface area contributed by atoms with Crippen LogP contribution < -0.4 is 0 Å². The maximum absolute atomic E-state index is 11.5. The molecule has 1 heterocycles. The Kier molecular flexibility index (Phi) is 3.86. The van der Waals surface area contributed by atoms with Gasteiger partial charge < -0.3 is 0 Å². The third-order valence-electron chi connectivity index (χ3n) is 2.15. The van der Waals surface area contributed by atoms with Crippen molar-refractivity contribution in [1.82, 2.24) is 9.78 Å². The quantitative estimate of drug-likeness (QED) is 0.718. The first-order valence-corrected chi connectivity index (χ1v) is 5.08. The minimum atomic E-state index is 0.289. The highest BCUT2D eigenvalue weighted by Gasteiger charge is 2.06. The lowest BCUT2D eigenvalue weighted by atomic mass is 10.0. The first kappa shape index (κ1) is 11.0. The minimum absolute atomic E-state index is 0.289. The zero-order chi connectivity index (χ0) is 10.6. The van der Waals surface area contributed by atoms with Gasteiger partial charge in [0.15, 0.2) is 0 Å². The van der Waals surface area contributed by atoms with Gasteiger partial charge >= 0.3 is 0 Å². The summed E-state index contributed by atoms with van der Waals surface area (Å²) in [6.45, 7) is 4.27. The Balaban J connectivity index is 2.34. The van der Waals surface area contributed by atoms with Crippen LogP contribution >= 0.6 is 0 Å². The summed E-state index contributed by atoms with van der Waals surface area (Å²) >= 11 is 0. The van der Waals surface area contributed by atoms with Gasteiger partial charge in [-0.1, -0.05) is 13.8 Å². The third kappa shape index (κ3) is 3.73. The average Bonchev–Trinajstić information content (AvgIpc) is 2.48. The van der Waals surface area contributed by atoms with Crippen LogP contribution in [0.4, 0.5) is 0 Å². The van der Waals surface area contributed by atoms with Gasteiger partial charge in [-0.3, -0.25) is 9.48 Å². The molecule has 1 aromatic rings. The molecule has 0 amide bonds. The molecule has 0 saturated heterocycles. The molecule has 0 aliphatic carbocycles. The largest absolute Gasteiger partial charge is 0.299 e. The van der Waals surface area contributed by atoms with Crippen LogP contribution in [0.1, 0.15) is 32.4 Å². The van der Waals surface area contributed by atoms with E-state index in [0.29, 0.717) is 18.8 Å². The molecule has 1 rings (SSSR count). The van der Waals surface area contributed by atoms with Gasteiger partial charge in [0.2, 0.25) is 0 Å². The molecule has 0 aliphatic heterocycles. The second kappa shape index (κ2) is 4.94. The van der Waals surface area contributed by atoms with Crippen LogP contribution in [0.5, 0.6) is 0 Å². The second-order valence-electron chi connectivity index (χ2n) is 4.13. The van der Waals surface area contributed by atoms with E-state index in [0.717, 1.165) is 12.1 Å². The number of aryl methyl sites for hydroxylation is 1. The highest BCUT2D eigenvalue weighted by Crippen LogP contribution is 2.06. The maximum Gasteiger partial charge on any atom is 0.138 e. The van der Waals surface area contributed by atoms with E-state index in [1.54, 1.807) is 4.68 Å². The number of rotatable bonds is 5. The van der Waals surface area contributed by atoms with Gasteiger partial charge in [-0.25, -0.2) is 0 Å². The summed E-state index contributed by atoms with van der Waals surface area (Å²) in [5, 5.41) is 4.17. The second-order valence-corrected chi connectivity index (χ2v) is 4.13. The Labute approximate surface area is 85.1 Å². The SMILES string of the molecule is CC(C)CCC(=O)Cc1ccn(C)n1. The van der Waals surface area contributed by atoms with Crippen molar-refractivity contribution in [2.75, 3.05) is 0 Å². The van der Waals surface area contributed by atoms with E-state index in [9.17, 15) is 4.79 Å². The van der Waals surface area contributed by atoms with E-state index in [1.165, 1.54) is 0 Å². The molecule has 14 heavy (non-hydrogen) atoms. The lowest BCUT2D eigenvalue weighted by Crippen LogP contribution is -2.05. The monoisotopic (exact) mass is 194 g/mol. The minimum Gasteiger partial charge on any atom is -0.299 e. The predicted molar refractivity (Wildman–Crippen MR) is 56.0 cm³/mol. The average molecular weight is 194 g/mol. The fourth-order valence-corrected chi connectivity index (χ4v) is 1.30. The molecule has 3 heteroatoms. The maximum atomic E-state index is 11.5. The Hall–Kier alpha value is -1.12. The number of nitrogens with zero attached hydrogens (tertiary/aromatic N) is 2. The van der Waals surface area contributed by atoms with E-state index in [-0.39, 0.29) is 5.78 Å². The van der Waals surface area contributed by atoms with Crippen molar-refractivity contribution in [3.63, 3.8) is 0 Å². The van der Waals surface area contributed by atoms with Crippen molar-refractivity contribution < 1.29 is 4.79 Å². The highest BCUT2D eigenvalue weighted by atomic mass is 16.1. The molecule has 0 radical (unpaired) electrons. The van der Waals surface area contributed by atoms with Crippen LogP contribution in [0, 0.1) is 5.92 Å². The molecule has 0 fully saturated rings. The lowest BCUT2D eigenvalue weighted by Gasteiger charge is -2.02. The molecule has 78 valence electrons. The Morgan fingerprint density at radius 3 is 2.79 bits per heavy atom. The number of Topliss-reactive ketones (excluding diaryl/α,β-unsaturated/α-hetero) is 1. The van der Waals surface area contributed by atoms with Crippen LogP contribution in [-0.2, 0) is 18.3 Å². The van der Waals surface area contributed by atoms with Crippen LogP contribution in [0.15, 0.2) is 12.3 Å². The molecule has 0 N–H and O–H groups in total. The molecular weight excluding hydrogens is 176 g/mol. The fraction of sp³-hybridized carbons (Fsp3) is 0.636. The molecule has 0 atom stereocenters. The normalized spacial score (nSPS) is 10.9. The van der Waals surface area contributed by atoms with Crippen LogP contribution in [-0.4, -0.2) is 15.6 Å². The van der Waals surface area contributed by atoms with Gasteiger partial charge in [0.25, 0.3) is 0 Å². The summed E-state index contributed by atoms with van der Waals surface area (Å²) in [6.07, 6.45) is 4.00. The first-order chi connectivity index (χ1) is 6.58. The zero-order valence-electron chi connectivity index (χ0n) is 9.16. The van der Waals surface area contributed by atoms with E-state index in [1.807, 2.05) is 19.3 Å². The number of ketones is 1. The van der Waals surface area contributed by atoms with Crippen molar-refractivity contribution >= 4 is 5.78 Å². The van der Waals surface area contributed by atoms with Crippen LogP contribution in [0.2, 0.25) is 0 Å². The standard InChI is InChI=1S/C11H18N2O/c1-9(2)4-5-11(14)8-10-6-7-13(3)12-10/h6-7,9H,4-5,8H2,1-3H3. The highest BCUT2D eigenvalue weighted by molar-refractivity contribution is 5.80. The molecule has 3 nitrogen and oxygen atoms in total. The summed E-state index contributed by atoms with van der Waals surface area (Å²) in [5.74, 6) is 0.889. The number of hydrogen-bond acceptors (Lipinski definition) is 2. The van der Waals surface area contributed by atoms with Gasteiger partial charge in [0.05, 0.1) is 12.1 Å². The van der Waals surface area contributed by atoms with E-state index in [2.05, 4.69) is 18.9 Å². The molecule has 0 spiro atoms. The van der Waals surface area contributed by atoms with Crippen LogP contribution in [0.3, 0.4) is 0 Å². The third-order valence-corrected chi connectivity index (χ3v) is 2.15. The van der Waals surface area contributed by atoms with Gasteiger partial charge in [-0.2, -0.15) is 5.10 Å². The molecule has 0 unspecified atom stereocenters. The van der Waals surface area contributed by atoms with Gasteiger partial charge in [0, 0.05) is 19.7 Å². The smallest absolute Gasteiger partial charge is 0.138 e. The molecular formula is C11H18N2O. The number of hydrogen-bond donors (Lipinski definition) is 0. The van der Waals surface area contributed by atoms with Crippen LogP contribution in [0.25, 0.3) is 0 Å². The van der Waals surface area contributed by atoms with Crippen molar-refractivity contribution in [2.45, 2.75) is 33.1 Å². The Morgan fingerprint density at radius 1 is 1.57 bits per heavy atom. The van der Waals surface area contributed by atoms with Gasteiger partial charge in [0.1, 0.15) is 5.78 Å². The summed E-state index contributed by atoms with van der Waals surface area (Å²) in [5.41, 5.74) is 0.876.